The van der Waals surface area contributed by atoms with E-state index in [0.29, 0.717) is 0 Å². The van der Waals surface area contributed by atoms with Crippen LogP contribution >= 0.6 is 11.3 Å². The predicted molar refractivity (Wildman–Crippen MR) is 81.2 cm³/mol. The molecule has 1 aromatic heterocycles. The molecule has 92 valence electrons. The first-order chi connectivity index (χ1) is 9.38. The molecule has 0 N–H and O–H groups in total. The summed E-state index contributed by atoms with van der Waals surface area (Å²) >= 11 is 1.82. The number of thiophene rings is 1. The van der Waals surface area contributed by atoms with Crippen molar-refractivity contribution in [1.82, 2.24) is 0 Å². The molecule has 0 fully saturated rings. The molecule has 1 nitrogen and oxygen atoms in total. The molecule has 0 aliphatic heterocycles. The van der Waals surface area contributed by atoms with Crippen LogP contribution in [0.15, 0.2) is 47.8 Å². The van der Waals surface area contributed by atoms with Crippen LogP contribution in [0.2, 0.25) is 0 Å². The molecule has 2 aromatic carbocycles. The third-order valence-electron chi connectivity index (χ3n) is 3.80. The van der Waals surface area contributed by atoms with Crippen LogP contribution in [0.5, 0.6) is 0 Å². The number of fused-ring (bicyclic) bond motifs is 5. The molecule has 0 unspecified atom stereocenters. The van der Waals surface area contributed by atoms with E-state index in [9.17, 15) is 0 Å². The van der Waals surface area contributed by atoms with Crippen molar-refractivity contribution in [2.45, 2.75) is 6.42 Å². The summed E-state index contributed by atoms with van der Waals surface area (Å²) in [6.45, 7) is 0. The second-order valence-electron chi connectivity index (χ2n) is 4.79. The average molecular weight is 265 g/mol. The van der Waals surface area contributed by atoms with Crippen LogP contribution in [0.1, 0.15) is 15.6 Å². The van der Waals surface area contributed by atoms with Crippen molar-refractivity contribution >= 4 is 27.2 Å². The zero-order valence-corrected chi connectivity index (χ0v) is 11.5. The standard InChI is InChI=1S/C17H13OS/c1-18-15-10-12-7-6-11-8-9-19-17(11)16(12)14-5-3-2-4-13(14)15/h2-9H,10H2,1H3/q+1. The van der Waals surface area contributed by atoms with Gasteiger partial charge in [0.05, 0.1) is 12.0 Å². The van der Waals surface area contributed by atoms with Crippen LogP contribution in [0.3, 0.4) is 0 Å². The SMILES string of the molecule is C[O+]=C1Cc2ccc3ccsc3c2-c2ccccc21. The topological polar surface area (TPSA) is 11.3 Å². The lowest BCUT2D eigenvalue weighted by Crippen LogP contribution is -2.13. The Morgan fingerprint density at radius 1 is 1.00 bits per heavy atom. The molecule has 2 heteroatoms. The van der Waals surface area contributed by atoms with E-state index >= 15 is 0 Å². The lowest BCUT2D eigenvalue weighted by atomic mass is 9.84. The zero-order valence-electron chi connectivity index (χ0n) is 10.6. The van der Waals surface area contributed by atoms with E-state index in [1.165, 1.54) is 32.3 Å². The summed E-state index contributed by atoms with van der Waals surface area (Å²) < 4.78 is 6.98. The van der Waals surface area contributed by atoms with Gasteiger partial charge >= 0.3 is 5.78 Å². The Bertz CT molecular complexity index is 811. The summed E-state index contributed by atoms with van der Waals surface area (Å²) in [5.74, 6) is 1.07. The number of carbonyl (C=O) groups excluding carboxylic acids is 1. The second-order valence-corrected chi connectivity index (χ2v) is 5.70. The molecule has 1 aliphatic rings. The fourth-order valence-electron chi connectivity index (χ4n) is 2.91. The quantitative estimate of drug-likeness (QED) is 0.531. The second kappa shape index (κ2) is 4.04. The molecule has 4 rings (SSSR count). The van der Waals surface area contributed by atoms with Crippen molar-refractivity contribution in [1.29, 1.82) is 0 Å². The molecule has 1 aliphatic carbocycles. The average Bonchev–Trinajstić information content (AvgIpc) is 2.94. The van der Waals surface area contributed by atoms with E-state index < -0.39 is 0 Å². The summed E-state index contributed by atoms with van der Waals surface area (Å²) in [6, 6.07) is 15.2. The highest BCUT2D eigenvalue weighted by molar-refractivity contribution is 7.17. The molecule has 19 heavy (non-hydrogen) atoms. The van der Waals surface area contributed by atoms with E-state index in [-0.39, 0.29) is 0 Å². The summed E-state index contributed by atoms with van der Waals surface area (Å²) in [4.78, 5) is 0. The molecule has 3 aromatic rings. The molecule has 1 heterocycles. The van der Waals surface area contributed by atoms with Gasteiger partial charge in [0.25, 0.3) is 7.11 Å². The van der Waals surface area contributed by atoms with E-state index in [1.807, 2.05) is 11.3 Å². The van der Waals surface area contributed by atoms with E-state index in [2.05, 4.69) is 47.8 Å². The molecule has 0 radical (unpaired) electrons. The first kappa shape index (κ1) is 10.9. The van der Waals surface area contributed by atoms with Gasteiger partial charge in [-0.2, -0.15) is 0 Å². The Balaban J connectivity index is 2.15. The Hall–Kier alpha value is -1.93. The minimum absolute atomic E-state index is 0.886. The maximum absolute atomic E-state index is 5.59. The van der Waals surface area contributed by atoms with Crippen molar-refractivity contribution in [3.8, 4) is 11.1 Å². The maximum Gasteiger partial charge on any atom is 0.331 e. The van der Waals surface area contributed by atoms with Gasteiger partial charge in [-0.1, -0.05) is 30.3 Å². The van der Waals surface area contributed by atoms with Crippen molar-refractivity contribution < 1.29 is 4.42 Å². The van der Waals surface area contributed by atoms with Gasteiger partial charge in [0.1, 0.15) is 0 Å². The van der Waals surface area contributed by atoms with Crippen LogP contribution in [0, 0.1) is 0 Å². The molecule has 0 spiro atoms. The van der Waals surface area contributed by atoms with Gasteiger partial charge in [0.15, 0.2) is 0 Å². The van der Waals surface area contributed by atoms with Gasteiger partial charge < -0.3 is 0 Å². The van der Waals surface area contributed by atoms with Crippen LogP contribution in [-0.2, 0) is 6.42 Å². The van der Waals surface area contributed by atoms with Crippen LogP contribution < -0.4 is 0 Å². The number of hydrogen-bond donors (Lipinski definition) is 0. The van der Waals surface area contributed by atoms with Crippen LogP contribution in [0.4, 0.5) is 0 Å². The van der Waals surface area contributed by atoms with Gasteiger partial charge in [0, 0.05) is 10.3 Å². The van der Waals surface area contributed by atoms with E-state index in [1.54, 1.807) is 7.11 Å². The molecule has 0 saturated carbocycles. The molecule has 0 atom stereocenters. The third-order valence-corrected chi connectivity index (χ3v) is 4.75. The van der Waals surface area contributed by atoms with Crippen molar-refractivity contribution in [3.05, 3.63) is 59.0 Å². The highest BCUT2D eigenvalue weighted by Crippen LogP contribution is 2.40. The number of ketones is 1. The first-order valence-electron chi connectivity index (χ1n) is 6.37. The maximum atomic E-state index is 5.59. The van der Waals surface area contributed by atoms with Crippen molar-refractivity contribution in [2.24, 2.45) is 0 Å². The third kappa shape index (κ3) is 1.50. The highest BCUT2D eigenvalue weighted by Gasteiger charge is 2.28. The zero-order chi connectivity index (χ0) is 12.8. The summed E-state index contributed by atoms with van der Waals surface area (Å²) in [7, 11) is 1.76. The van der Waals surface area contributed by atoms with Gasteiger partial charge in [0.2, 0.25) is 0 Å². The molecule has 0 amide bonds. The minimum atomic E-state index is 0.886. The fourth-order valence-corrected chi connectivity index (χ4v) is 3.89. The van der Waals surface area contributed by atoms with Gasteiger partial charge in [-0.25, -0.2) is 0 Å². The minimum Gasteiger partial charge on any atom is -0.261 e. The Labute approximate surface area is 115 Å². The van der Waals surface area contributed by atoms with Crippen LogP contribution in [0.25, 0.3) is 21.2 Å². The first-order valence-corrected chi connectivity index (χ1v) is 7.25. The van der Waals surface area contributed by atoms with E-state index in [0.717, 1.165) is 12.2 Å². The van der Waals surface area contributed by atoms with Gasteiger partial charge in [-0.3, -0.25) is 4.42 Å². The fraction of sp³-hybridized carbons (Fsp3) is 0.118. The predicted octanol–water partition coefficient (Wildman–Crippen LogP) is 4.47. The van der Waals surface area contributed by atoms with Crippen LogP contribution in [-0.4, -0.2) is 12.9 Å². The molecular formula is C17H13OS+. The lowest BCUT2D eigenvalue weighted by molar-refractivity contribution is -0.225. The van der Waals surface area contributed by atoms with Gasteiger partial charge in [-0.15, -0.1) is 11.3 Å². The molecule has 0 saturated heterocycles. The van der Waals surface area contributed by atoms with Crippen molar-refractivity contribution in [2.75, 3.05) is 7.11 Å². The summed E-state index contributed by atoms with van der Waals surface area (Å²) in [5, 5.41) is 3.50. The Morgan fingerprint density at radius 2 is 1.84 bits per heavy atom. The highest BCUT2D eigenvalue weighted by atomic mass is 32.1. The Kier molecular flexibility index (Phi) is 2.32. The summed E-state index contributed by atoms with van der Waals surface area (Å²) in [5.41, 5.74) is 5.29. The number of benzene rings is 2. The Morgan fingerprint density at radius 3 is 2.68 bits per heavy atom. The normalized spacial score (nSPS) is 15.5. The summed E-state index contributed by atoms with van der Waals surface area (Å²) in [6.07, 6.45) is 0.886. The monoisotopic (exact) mass is 265 g/mol. The smallest absolute Gasteiger partial charge is 0.261 e. The lowest BCUT2D eigenvalue weighted by Gasteiger charge is -2.17. The molecular weight excluding hydrogens is 252 g/mol. The van der Waals surface area contributed by atoms with Gasteiger partial charge in [-0.05, 0) is 34.0 Å². The largest absolute Gasteiger partial charge is 0.331 e. The number of hydrogen-bond acceptors (Lipinski definition) is 1. The molecule has 0 bridgehead atoms. The number of rotatable bonds is 0. The van der Waals surface area contributed by atoms with Crippen molar-refractivity contribution in [3.63, 3.8) is 0 Å². The van der Waals surface area contributed by atoms with E-state index in [4.69, 9.17) is 4.42 Å².